The Morgan fingerprint density at radius 2 is 2.00 bits per heavy atom. The standard InChI is InChI=1S/C7H6O5S/c8-6-2-1-4(13(11)12)3-5(6)7(9)10/h1-2,8H,3H2,(H,9,10). The highest BCUT2D eigenvalue weighted by Gasteiger charge is 2.18. The molecule has 0 aromatic rings. The average Bonchev–Trinajstić information content (AvgIpc) is 2.04. The molecule has 0 unspecified atom stereocenters. The molecule has 0 amide bonds. The van der Waals surface area contributed by atoms with Crippen molar-refractivity contribution in [3.8, 4) is 0 Å². The van der Waals surface area contributed by atoms with Crippen LogP contribution in [-0.4, -0.2) is 29.5 Å². The Hall–Kier alpha value is -1.56. The molecule has 0 atom stereocenters. The van der Waals surface area contributed by atoms with E-state index in [1.807, 2.05) is 0 Å². The van der Waals surface area contributed by atoms with Crippen LogP contribution in [0.5, 0.6) is 0 Å². The minimum atomic E-state index is -2.43. The molecule has 1 aliphatic rings. The van der Waals surface area contributed by atoms with Crippen LogP contribution in [0, 0.1) is 0 Å². The zero-order valence-electron chi connectivity index (χ0n) is 6.39. The highest BCUT2D eigenvalue weighted by molar-refractivity contribution is 7.73. The normalized spacial score (nSPS) is 16.2. The third-order valence-corrected chi connectivity index (χ3v) is 2.27. The van der Waals surface area contributed by atoms with Gasteiger partial charge in [0.2, 0.25) is 10.3 Å². The highest BCUT2D eigenvalue weighted by Crippen LogP contribution is 2.14. The number of carbonyl (C=O) groups is 1. The van der Waals surface area contributed by atoms with Crippen LogP contribution in [0.3, 0.4) is 0 Å². The summed E-state index contributed by atoms with van der Waals surface area (Å²) in [6, 6.07) is 0. The number of aliphatic hydroxyl groups is 1. The maximum atomic E-state index is 10.5. The SMILES string of the molecule is O=C(O)C1=C(O)C=CC(=S(=O)=O)C1. The predicted molar refractivity (Wildman–Crippen MR) is 45.0 cm³/mol. The second-order valence-corrected chi connectivity index (χ2v) is 3.37. The van der Waals surface area contributed by atoms with Gasteiger partial charge in [0, 0.05) is 6.42 Å². The van der Waals surface area contributed by atoms with Gasteiger partial charge in [-0.2, -0.15) is 8.42 Å². The number of rotatable bonds is 1. The number of carboxylic acids is 1. The van der Waals surface area contributed by atoms with Crippen molar-refractivity contribution in [3.05, 3.63) is 23.5 Å². The molecule has 0 aromatic heterocycles. The lowest BCUT2D eigenvalue weighted by Crippen LogP contribution is -2.12. The van der Waals surface area contributed by atoms with Gasteiger partial charge in [-0.3, -0.25) is 0 Å². The molecule has 70 valence electrons. The summed E-state index contributed by atoms with van der Waals surface area (Å²) < 4.78 is 20.9. The summed E-state index contributed by atoms with van der Waals surface area (Å²) in [5.74, 6) is -1.72. The van der Waals surface area contributed by atoms with Gasteiger partial charge in [0.25, 0.3) is 0 Å². The third-order valence-electron chi connectivity index (χ3n) is 1.56. The van der Waals surface area contributed by atoms with E-state index < -0.39 is 22.0 Å². The van der Waals surface area contributed by atoms with E-state index in [2.05, 4.69) is 0 Å². The second kappa shape index (κ2) is 3.44. The largest absolute Gasteiger partial charge is 0.507 e. The smallest absolute Gasteiger partial charge is 0.335 e. The fourth-order valence-corrected chi connectivity index (χ4v) is 1.34. The monoisotopic (exact) mass is 202 g/mol. The molecule has 5 nitrogen and oxygen atoms in total. The number of carboxylic acid groups (broad SMARTS) is 1. The average molecular weight is 202 g/mol. The van der Waals surface area contributed by atoms with E-state index >= 15 is 0 Å². The molecule has 0 heterocycles. The molecule has 0 spiro atoms. The van der Waals surface area contributed by atoms with Gasteiger partial charge in [-0.05, 0) is 12.2 Å². The van der Waals surface area contributed by atoms with E-state index in [-0.39, 0.29) is 16.9 Å². The van der Waals surface area contributed by atoms with Crippen LogP contribution in [0.4, 0.5) is 0 Å². The molecule has 0 aliphatic heterocycles. The topological polar surface area (TPSA) is 91.7 Å². The molecule has 2 N–H and O–H groups in total. The maximum Gasteiger partial charge on any atom is 0.335 e. The molecule has 0 aromatic carbocycles. The van der Waals surface area contributed by atoms with Gasteiger partial charge < -0.3 is 10.2 Å². The van der Waals surface area contributed by atoms with Crippen LogP contribution in [0.25, 0.3) is 0 Å². The van der Waals surface area contributed by atoms with Crippen molar-refractivity contribution >= 4 is 21.1 Å². The Morgan fingerprint density at radius 1 is 1.38 bits per heavy atom. The highest BCUT2D eigenvalue weighted by atomic mass is 32.2. The molecular weight excluding hydrogens is 196 g/mol. The molecule has 0 radical (unpaired) electrons. The van der Waals surface area contributed by atoms with Gasteiger partial charge in [-0.1, -0.05) is 0 Å². The van der Waals surface area contributed by atoms with E-state index in [1.165, 1.54) is 6.08 Å². The minimum Gasteiger partial charge on any atom is -0.507 e. The van der Waals surface area contributed by atoms with Gasteiger partial charge in [0.05, 0.1) is 10.4 Å². The summed E-state index contributed by atoms with van der Waals surface area (Å²) in [5.41, 5.74) is -0.304. The molecular formula is C7H6O5S. The molecule has 0 fully saturated rings. The summed E-state index contributed by atoms with van der Waals surface area (Å²) in [6.45, 7) is 0. The van der Waals surface area contributed by atoms with E-state index in [4.69, 9.17) is 10.2 Å². The quantitative estimate of drug-likeness (QED) is 0.579. The van der Waals surface area contributed by atoms with Crippen LogP contribution in [0.1, 0.15) is 6.42 Å². The fourth-order valence-electron chi connectivity index (χ4n) is 0.896. The predicted octanol–water partition coefficient (Wildman–Crippen LogP) is -0.105. The van der Waals surface area contributed by atoms with Crippen LogP contribution < -0.4 is 0 Å². The first-order valence-corrected chi connectivity index (χ1v) is 4.38. The van der Waals surface area contributed by atoms with E-state index in [1.54, 1.807) is 0 Å². The molecule has 6 heteroatoms. The molecule has 0 saturated carbocycles. The van der Waals surface area contributed by atoms with Gasteiger partial charge in [0.1, 0.15) is 5.76 Å². The Morgan fingerprint density at radius 3 is 2.46 bits per heavy atom. The van der Waals surface area contributed by atoms with Gasteiger partial charge in [-0.15, -0.1) is 0 Å². The number of aliphatic carboxylic acids is 1. The lowest BCUT2D eigenvalue weighted by molar-refractivity contribution is -0.132. The summed E-state index contributed by atoms with van der Waals surface area (Å²) in [7, 11) is -2.43. The van der Waals surface area contributed by atoms with Crippen LogP contribution in [0.15, 0.2) is 23.5 Å². The summed E-state index contributed by atoms with van der Waals surface area (Å²) in [6.07, 6.45) is 1.96. The first-order valence-electron chi connectivity index (χ1n) is 3.31. The Bertz CT molecular complexity index is 430. The molecule has 0 saturated heterocycles. The first kappa shape index (κ1) is 9.53. The minimum absolute atomic E-state index is 0.0461. The van der Waals surface area contributed by atoms with Gasteiger partial charge in [0.15, 0.2) is 0 Å². The molecule has 0 bridgehead atoms. The maximum absolute atomic E-state index is 10.5. The third kappa shape index (κ3) is 1.97. The van der Waals surface area contributed by atoms with Crippen molar-refractivity contribution < 1.29 is 23.4 Å². The van der Waals surface area contributed by atoms with E-state index in [0.29, 0.717) is 0 Å². The van der Waals surface area contributed by atoms with Gasteiger partial charge in [-0.25, -0.2) is 4.79 Å². The number of aliphatic hydroxyl groups excluding tert-OH is 1. The summed E-state index contributed by atoms with van der Waals surface area (Å²) >= 11 is 0. The Labute approximate surface area is 75.2 Å². The van der Waals surface area contributed by atoms with Crippen LogP contribution >= 0.6 is 0 Å². The summed E-state index contributed by atoms with van der Waals surface area (Å²) in [5, 5.41) is 17.6. The van der Waals surface area contributed by atoms with Crippen molar-refractivity contribution in [2.45, 2.75) is 6.42 Å². The van der Waals surface area contributed by atoms with Crippen molar-refractivity contribution in [1.82, 2.24) is 0 Å². The Kier molecular flexibility index (Phi) is 2.52. The second-order valence-electron chi connectivity index (χ2n) is 2.38. The zero-order chi connectivity index (χ0) is 10.0. The van der Waals surface area contributed by atoms with E-state index in [0.717, 1.165) is 6.08 Å². The van der Waals surface area contributed by atoms with Crippen molar-refractivity contribution in [1.29, 1.82) is 0 Å². The molecule has 1 rings (SSSR count). The number of hydrogen-bond donors (Lipinski definition) is 2. The number of allylic oxidation sites excluding steroid dienone is 2. The molecule has 13 heavy (non-hydrogen) atoms. The summed E-state index contributed by atoms with van der Waals surface area (Å²) in [4.78, 5) is 10.4. The van der Waals surface area contributed by atoms with Crippen LogP contribution in [0.2, 0.25) is 0 Å². The lowest BCUT2D eigenvalue weighted by Gasteiger charge is -2.06. The number of hydrogen-bond acceptors (Lipinski definition) is 4. The van der Waals surface area contributed by atoms with Crippen molar-refractivity contribution in [2.24, 2.45) is 0 Å². The van der Waals surface area contributed by atoms with E-state index in [9.17, 15) is 13.2 Å². The first-order chi connectivity index (χ1) is 6.02. The van der Waals surface area contributed by atoms with Crippen molar-refractivity contribution in [3.63, 3.8) is 0 Å². The van der Waals surface area contributed by atoms with Crippen LogP contribution in [-0.2, 0) is 15.1 Å². The zero-order valence-corrected chi connectivity index (χ0v) is 7.21. The lowest BCUT2D eigenvalue weighted by atomic mass is 10.0. The molecule has 1 aliphatic carbocycles. The Balaban J connectivity index is 3.19. The van der Waals surface area contributed by atoms with Crippen molar-refractivity contribution in [2.75, 3.05) is 0 Å². The fraction of sp³-hybridized carbons (Fsp3) is 0.143. The van der Waals surface area contributed by atoms with Gasteiger partial charge >= 0.3 is 5.97 Å².